The minimum atomic E-state index is -4.67. The van der Waals surface area contributed by atoms with Gasteiger partial charge in [-0.05, 0) is 6.42 Å². The van der Waals surface area contributed by atoms with Gasteiger partial charge in [0.05, 0.1) is 0 Å². The molecule has 0 saturated carbocycles. The van der Waals surface area contributed by atoms with Crippen LogP contribution in [0, 0.1) is 0 Å². The van der Waals surface area contributed by atoms with Gasteiger partial charge in [-0.1, -0.05) is 6.92 Å². The van der Waals surface area contributed by atoms with Crippen molar-refractivity contribution in [1.82, 2.24) is 0 Å². The van der Waals surface area contributed by atoms with E-state index in [0.717, 1.165) is 0 Å². The molecule has 0 amide bonds. The second kappa shape index (κ2) is 5.57. The summed E-state index contributed by atoms with van der Waals surface area (Å²) in [7, 11) is -4.67. The van der Waals surface area contributed by atoms with Crippen molar-refractivity contribution in [3.63, 3.8) is 0 Å². The zero-order valence-electron chi connectivity index (χ0n) is 5.30. The maximum absolute atomic E-state index is 8.74. The van der Waals surface area contributed by atoms with E-state index in [-0.39, 0.29) is 0 Å². The Hall–Kier alpha value is -0.210. The molecular formula is C3H10O6S. The van der Waals surface area contributed by atoms with Crippen LogP contribution < -0.4 is 0 Å². The fourth-order valence-corrected chi connectivity index (χ4v) is 0. The Kier molecular flexibility index (Phi) is 6.94. The molecule has 0 aliphatic carbocycles. The molecular weight excluding hydrogens is 164 g/mol. The molecule has 0 aromatic rings. The summed E-state index contributed by atoms with van der Waals surface area (Å²) < 4.78 is 31.6. The van der Waals surface area contributed by atoms with Crippen molar-refractivity contribution in [2.24, 2.45) is 0 Å². The minimum Gasteiger partial charge on any atom is -0.368 e. The number of aliphatic hydroxyl groups is 2. The maximum Gasteiger partial charge on any atom is 0.394 e. The van der Waals surface area contributed by atoms with Gasteiger partial charge in [-0.3, -0.25) is 9.11 Å². The van der Waals surface area contributed by atoms with Gasteiger partial charge in [0, 0.05) is 0 Å². The Labute approximate surface area is 58.7 Å². The van der Waals surface area contributed by atoms with Crippen LogP contribution in [0.1, 0.15) is 13.3 Å². The van der Waals surface area contributed by atoms with Crippen molar-refractivity contribution in [2.75, 3.05) is 0 Å². The Morgan fingerprint density at radius 1 is 1.30 bits per heavy atom. The fraction of sp³-hybridized carbons (Fsp3) is 1.00. The summed E-state index contributed by atoms with van der Waals surface area (Å²) in [5, 5.41) is 15.8. The third kappa shape index (κ3) is 112. The van der Waals surface area contributed by atoms with Crippen LogP contribution >= 0.6 is 0 Å². The lowest BCUT2D eigenvalue weighted by molar-refractivity contribution is -0.0413. The molecule has 0 aliphatic heterocycles. The molecule has 64 valence electrons. The average molecular weight is 174 g/mol. The molecule has 0 aromatic heterocycles. The zero-order valence-corrected chi connectivity index (χ0v) is 6.11. The Balaban J connectivity index is 0. The summed E-state index contributed by atoms with van der Waals surface area (Å²) in [6.45, 7) is 1.70. The Morgan fingerprint density at radius 3 is 1.40 bits per heavy atom. The van der Waals surface area contributed by atoms with Gasteiger partial charge in [0.15, 0.2) is 6.29 Å². The highest BCUT2D eigenvalue weighted by molar-refractivity contribution is 7.79. The lowest BCUT2D eigenvalue weighted by Gasteiger charge is -1.90. The van der Waals surface area contributed by atoms with E-state index in [0.29, 0.717) is 6.42 Å². The van der Waals surface area contributed by atoms with Crippen LogP contribution in [-0.2, 0) is 10.4 Å². The summed E-state index contributed by atoms with van der Waals surface area (Å²) in [5.41, 5.74) is 0. The van der Waals surface area contributed by atoms with E-state index < -0.39 is 16.7 Å². The normalized spacial score (nSPS) is 10.6. The molecule has 0 aromatic carbocycles. The number of hydrogen-bond acceptors (Lipinski definition) is 4. The monoisotopic (exact) mass is 174 g/mol. The van der Waals surface area contributed by atoms with Crippen LogP contribution in [0.5, 0.6) is 0 Å². The van der Waals surface area contributed by atoms with Gasteiger partial charge in [0.25, 0.3) is 0 Å². The van der Waals surface area contributed by atoms with Crippen LogP contribution in [0.3, 0.4) is 0 Å². The number of aliphatic hydroxyl groups excluding tert-OH is 1. The first-order chi connectivity index (χ1) is 4.27. The molecule has 0 rings (SSSR count). The molecule has 4 N–H and O–H groups in total. The molecule has 6 nitrogen and oxygen atoms in total. The van der Waals surface area contributed by atoms with E-state index in [1.54, 1.807) is 6.92 Å². The van der Waals surface area contributed by atoms with Crippen molar-refractivity contribution in [1.29, 1.82) is 0 Å². The zero-order chi connectivity index (χ0) is 8.78. The molecule has 7 heteroatoms. The summed E-state index contributed by atoms with van der Waals surface area (Å²) in [5.74, 6) is 0. The second-order valence-electron chi connectivity index (χ2n) is 1.34. The Morgan fingerprint density at radius 2 is 1.40 bits per heavy atom. The van der Waals surface area contributed by atoms with Gasteiger partial charge in [-0.2, -0.15) is 8.42 Å². The van der Waals surface area contributed by atoms with Crippen molar-refractivity contribution in [3.8, 4) is 0 Å². The van der Waals surface area contributed by atoms with E-state index in [9.17, 15) is 0 Å². The summed E-state index contributed by atoms with van der Waals surface area (Å²) in [6.07, 6.45) is -0.699. The van der Waals surface area contributed by atoms with Crippen LogP contribution in [-0.4, -0.2) is 34.0 Å². The molecule has 0 unspecified atom stereocenters. The SMILES string of the molecule is CCC(O)O.O=S(=O)(O)O. The van der Waals surface area contributed by atoms with Gasteiger partial charge in [-0.25, -0.2) is 0 Å². The first-order valence-electron chi connectivity index (χ1n) is 2.33. The lowest BCUT2D eigenvalue weighted by Crippen LogP contribution is -1.99. The first-order valence-corrected chi connectivity index (χ1v) is 3.73. The highest BCUT2D eigenvalue weighted by Gasteiger charge is 1.84. The fourth-order valence-electron chi connectivity index (χ4n) is 0. The molecule has 0 fully saturated rings. The van der Waals surface area contributed by atoms with E-state index in [1.165, 1.54) is 0 Å². The van der Waals surface area contributed by atoms with Gasteiger partial charge in [0.1, 0.15) is 0 Å². The van der Waals surface area contributed by atoms with Crippen LogP contribution in [0.2, 0.25) is 0 Å². The van der Waals surface area contributed by atoms with E-state index in [4.69, 9.17) is 27.7 Å². The van der Waals surface area contributed by atoms with Crippen LogP contribution in [0.4, 0.5) is 0 Å². The quantitative estimate of drug-likeness (QED) is 0.301. The van der Waals surface area contributed by atoms with Crippen LogP contribution in [0.25, 0.3) is 0 Å². The minimum absolute atomic E-state index is 0.417. The summed E-state index contributed by atoms with van der Waals surface area (Å²) in [6, 6.07) is 0. The lowest BCUT2D eigenvalue weighted by atomic mass is 10.5. The third-order valence-electron chi connectivity index (χ3n) is 0.365. The second-order valence-corrected chi connectivity index (χ2v) is 2.23. The smallest absolute Gasteiger partial charge is 0.368 e. The van der Waals surface area contributed by atoms with Crippen molar-refractivity contribution < 1.29 is 27.7 Å². The van der Waals surface area contributed by atoms with E-state index in [1.807, 2.05) is 0 Å². The summed E-state index contributed by atoms with van der Waals surface area (Å²) in [4.78, 5) is 0. The summed E-state index contributed by atoms with van der Waals surface area (Å²) >= 11 is 0. The van der Waals surface area contributed by atoms with Crippen molar-refractivity contribution >= 4 is 10.4 Å². The van der Waals surface area contributed by atoms with Crippen LogP contribution in [0.15, 0.2) is 0 Å². The predicted molar refractivity (Wildman–Crippen MR) is 32.7 cm³/mol. The third-order valence-corrected chi connectivity index (χ3v) is 0.365. The van der Waals surface area contributed by atoms with E-state index >= 15 is 0 Å². The van der Waals surface area contributed by atoms with Gasteiger partial charge < -0.3 is 10.2 Å². The molecule has 0 spiro atoms. The molecule has 0 atom stereocenters. The van der Waals surface area contributed by atoms with Crippen molar-refractivity contribution in [2.45, 2.75) is 19.6 Å². The molecule has 0 saturated heterocycles. The Bertz CT molecular complexity index is 138. The topological polar surface area (TPSA) is 115 Å². The number of hydrogen-bond donors (Lipinski definition) is 4. The molecule has 0 heterocycles. The van der Waals surface area contributed by atoms with Gasteiger partial charge >= 0.3 is 10.4 Å². The average Bonchev–Trinajstić information content (AvgIpc) is 1.61. The molecule has 10 heavy (non-hydrogen) atoms. The highest BCUT2D eigenvalue weighted by Crippen LogP contribution is 1.77. The predicted octanol–water partition coefficient (Wildman–Crippen LogP) is -0.946. The number of rotatable bonds is 1. The maximum atomic E-state index is 8.74. The largest absolute Gasteiger partial charge is 0.394 e. The van der Waals surface area contributed by atoms with Gasteiger partial charge in [0.2, 0.25) is 0 Å². The van der Waals surface area contributed by atoms with Gasteiger partial charge in [-0.15, -0.1) is 0 Å². The molecule has 0 bridgehead atoms. The molecule has 0 radical (unpaired) electrons. The highest BCUT2D eigenvalue weighted by atomic mass is 32.3. The van der Waals surface area contributed by atoms with Crippen molar-refractivity contribution in [3.05, 3.63) is 0 Å². The standard InChI is InChI=1S/C3H8O2.H2O4S/c1-2-3(4)5;1-5(2,3)4/h3-5H,2H2,1H3;(H2,1,2,3,4). The molecule has 0 aliphatic rings. The van der Waals surface area contributed by atoms with E-state index in [2.05, 4.69) is 0 Å². The first kappa shape index (κ1) is 12.5.